The van der Waals surface area contributed by atoms with Crippen molar-refractivity contribution in [1.29, 1.82) is 0 Å². The number of aromatic hydroxyl groups is 1. The lowest BCUT2D eigenvalue weighted by atomic mass is 10.2. The van der Waals surface area contributed by atoms with Crippen LogP contribution in [0.25, 0.3) is 6.08 Å². The van der Waals surface area contributed by atoms with Gasteiger partial charge in [-0.1, -0.05) is 6.07 Å². The number of hydrogen-bond donors (Lipinski definition) is 1. The Labute approximate surface area is 94.1 Å². The Morgan fingerprint density at radius 1 is 1.50 bits per heavy atom. The van der Waals surface area contributed by atoms with Crippen molar-refractivity contribution in [2.24, 2.45) is 0 Å². The summed E-state index contributed by atoms with van der Waals surface area (Å²) in [5.41, 5.74) is 0.700. The Bertz CT molecular complexity index is 396. The molecule has 0 saturated heterocycles. The van der Waals surface area contributed by atoms with Crippen molar-refractivity contribution in [2.75, 3.05) is 13.7 Å². The average Bonchev–Trinajstić information content (AvgIpc) is 2.27. The van der Waals surface area contributed by atoms with Crippen molar-refractivity contribution >= 4 is 12.0 Å². The van der Waals surface area contributed by atoms with E-state index in [2.05, 4.69) is 0 Å². The minimum atomic E-state index is -0.405. The van der Waals surface area contributed by atoms with Crippen LogP contribution in [0.4, 0.5) is 0 Å². The zero-order valence-corrected chi connectivity index (χ0v) is 9.27. The number of carbonyl (C=O) groups is 1. The Hall–Kier alpha value is -1.97. The first-order valence-electron chi connectivity index (χ1n) is 4.89. The summed E-state index contributed by atoms with van der Waals surface area (Å²) in [6.07, 6.45) is 2.88. The molecular formula is C12H14O4. The Morgan fingerprint density at radius 2 is 2.25 bits per heavy atom. The highest BCUT2D eigenvalue weighted by Crippen LogP contribution is 2.26. The average molecular weight is 222 g/mol. The molecule has 0 saturated carbocycles. The first-order chi connectivity index (χ1) is 7.67. The van der Waals surface area contributed by atoms with E-state index in [1.807, 2.05) is 0 Å². The highest BCUT2D eigenvalue weighted by atomic mass is 16.5. The molecule has 0 spiro atoms. The quantitative estimate of drug-likeness (QED) is 0.625. The standard InChI is InChI=1S/C12H14O4/c1-3-16-12(14)7-5-9-4-6-11(15-2)10(13)8-9/h4-8,13H,3H2,1-2H3. The third-order valence-corrected chi connectivity index (χ3v) is 1.90. The normalized spacial score (nSPS) is 10.4. The van der Waals surface area contributed by atoms with Gasteiger partial charge in [-0.15, -0.1) is 0 Å². The molecule has 1 aromatic carbocycles. The van der Waals surface area contributed by atoms with Crippen LogP contribution in [-0.4, -0.2) is 24.8 Å². The van der Waals surface area contributed by atoms with Gasteiger partial charge < -0.3 is 14.6 Å². The summed E-state index contributed by atoms with van der Waals surface area (Å²) in [5, 5.41) is 9.48. The van der Waals surface area contributed by atoms with E-state index in [1.165, 1.54) is 19.3 Å². The van der Waals surface area contributed by atoms with E-state index in [1.54, 1.807) is 25.1 Å². The Kier molecular flexibility index (Phi) is 4.39. The predicted molar refractivity (Wildman–Crippen MR) is 60.3 cm³/mol. The SMILES string of the molecule is CCOC(=O)C=Cc1ccc(OC)c(O)c1. The van der Waals surface area contributed by atoms with Crippen molar-refractivity contribution in [3.05, 3.63) is 29.8 Å². The third-order valence-electron chi connectivity index (χ3n) is 1.90. The van der Waals surface area contributed by atoms with Crippen LogP contribution in [0.15, 0.2) is 24.3 Å². The number of benzene rings is 1. The summed E-state index contributed by atoms with van der Waals surface area (Å²) in [4.78, 5) is 11.0. The van der Waals surface area contributed by atoms with Crippen LogP contribution < -0.4 is 4.74 Å². The molecule has 86 valence electrons. The molecule has 1 aromatic rings. The molecule has 0 aliphatic heterocycles. The van der Waals surface area contributed by atoms with Crippen LogP contribution in [0.3, 0.4) is 0 Å². The van der Waals surface area contributed by atoms with Gasteiger partial charge in [-0.3, -0.25) is 0 Å². The molecule has 16 heavy (non-hydrogen) atoms. The number of carbonyl (C=O) groups excluding carboxylic acids is 1. The van der Waals surface area contributed by atoms with Crippen molar-refractivity contribution in [3.8, 4) is 11.5 Å². The summed E-state index contributed by atoms with van der Waals surface area (Å²) in [7, 11) is 1.48. The summed E-state index contributed by atoms with van der Waals surface area (Å²) >= 11 is 0. The zero-order valence-electron chi connectivity index (χ0n) is 9.27. The van der Waals surface area contributed by atoms with E-state index in [4.69, 9.17) is 9.47 Å². The minimum absolute atomic E-state index is 0.0357. The van der Waals surface area contributed by atoms with Gasteiger partial charge in [0.05, 0.1) is 13.7 Å². The molecule has 0 radical (unpaired) electrons. The molecule has 1 rings (SSSR count). The highest BCUT2D eigenvalue weighted by molar-refractivity contribution is 5.87. The zero-order chi connectivity index (χ0) is 12.0. The summed E-state index contributed by atoms with van der Waals surface area (Å²) in [6, 6.07) is 4.86. The van der Waals surface area contributed by atoms with Crippen LogP contribution in [0.1, 0.15) is 12.5 Å². The smallest absolute Gasteiger partial charge is 0.330 e. The van der Waals surface area contributed by atoms with E-state index in [9.17, 15) is 9.90 Å². The predicted octanol–water partition coefficient (Wildman–Crippen LogP) is 1.98. The highest BCUT2D eigenvalue weighted by Gasteiger charge is 2.00. The molecular weight excluding hydrogens is 208 g/mol. The van der Waals surface area contributed by atoms with Crippen molar-refractivity contribution in [3.63, 3.8) is 0 Å². The lowest BCUT2D eigenvalue weighted by Crippen LogP contribution is -1.98. The minimum Gasteiger partial charge on any atom is -0.504 e. The van der Waals surface area contributed by atoms with Gasteiger partial charge in [0.2, 0.25) is 0 Å². The molecule has 0 bridgehead atoms. The molecule has 0 atom stereocenters. The number of methoxy groups -OCH3 is 1. The number of esters is 1. The molecule has 0 aliphatic rings. The van der Waals surface area contributed by atoms with Crippen molar-refractivity contribution < 1.29 is 19.4 Å². The lowest BCUT2D eigenvalue weighted by Gasteiger charge is -2.03. The van der Waals surface area contributed by atoms with Gasteiger partial charge in [-0.2, -0.15) is 0 Å². The van der Waals surface area contributed by atoms with Gasteiger partial charge in [-0.05, 0) is 30.7 Å². The van der Waals surface area contributed by atoms with Crippen LogP contribution in [0.2, 0.25) is 0 Å². The second kappa shape index (κ2) is 5.80. The first kappa shape index (κ1) is 12.1. The lowest BCUT2D eigenvalue weighted by molar-refractivity contribution is -0.137. The third kappa shape index (κ3) is 3.31. The number of rotatable bonds is 4. The maximum Gasteiger partial charge on any atom is 0.330 e. The first-order valence-corrected chi connectivity index (χ1v) is 4.89. The van der Waals surface area contributed by atoms with Gasteiger partial charge in [0.15, 0.2) is 11.5 Å². The summed E-state index contributed by atoms with van der Waals surface area (Å²) < 4.78 is 9.62. The fourth-order valence-electron chi connectivity index (χ4n) is 1.17. The van der Waals surface area contributed by atoms with Gasteiger partial charge >= 0.3 is 5.97 Å². The fourth-order valence-corrected chi connectivity index (χ4v) is 1.17. The maximum atomic E-state index is 11.0. The number of ether oxygens (including phenoxy) is 2. The van der Waals surface area contributed by atoms with E-state index in [-0.39, 0.29) is 5.75 Å². The molecule has 4 heteroatoms. The summed E-state index contributed by atoms with van der Waals surface area (Å²) in [5.74, 6) is 0.0274. The Balaban J connectivity index is 2.75. The number of phenolic OH excluding ortho intramolecular Hbond substituents is 1. The van der Waals surface area contributed by atoms with E-state index >= 15 is 0 Å². The van der Waals surface area contributed by atoms with E-state index in [0.717, 1.165) is 0 Å². The van der Waals surface area contributed by atoms with Crippen LogP contribution >= 0.6 is 0 Å². The molecule has 0 unspecified atom stereocenters. The van der Waals surface area contributed by atoms with Crippen LogP contribution in [0, 0.1) is 0 Å². The van der Waals surface area contributed by atoms with Gasteiger partial charge in [0.1, 0.15) is 0 Å². The fraction of sp³-hybridized carbons (Fsp3) is 0.250. The maximum absolute atomic E-state index is 11.0. The second-order valence-electron chi connectivity index (χ2n) is 3.02. The topological polar surface area (TPSA) is 55.8 Å². The van der Waals surface area contributed by atoms with Crippen molar-refractivity contribution in [2.45, 2.75) is 6.92 Å². The van der Waals surface area contributed by atoms with Gasteiger partial charge in [0, 0.05) is 6.08 Å². The molecule has 0 aromatic heterocycles. The molecule has 0 aliphatic carbocycles. The van der Waals surface area contributed by atoms with E-state index in [0.29, 0.717) is 17.9 Å². The number of phenols is 1. The summed E-state index contributed by atoms with van der Waals surface area (Å²) in [6.45, 7) is 2.09. The number of hydrogen-bond acceptors (Lipinski definition) is 4. The molecule has 1 N–H and O–H groups in total. The monoisotopic (exact) mass is 222 g/mol. The molecule has 0 amide bonds. The van der Waals surface area contributed by atoms with Crippen LogP contribution in [0.5, 0.6) is 11.5 Å². The second-order valence-corrected chi connectivity index (χ2v) is 3.02. The molecule has 0 heterocycles. The van der Waals surface area contributed by atoms with E-state index < -0.39 is 5.97 Å². The van der Waals surface area contributed by atoms with Crippen molar-refractivity contribution in [1.82, 2.24) is 0 Å². The molecule has 4 nitrogen and oxygen atoms in total. The Morgan fingerprint density at radius 3 is 2.81 bits per heavy atom. The van der Waals surface area contributed by atoms with Gasteiger partial charge in [0.25, 0.3) is 0 Å². The molecule has 0 fully saturated rings. The largest absolute Gasteiger partial charge is 0.504 e. The van der Waals surface area contributed by atoms with Gasteiger partial charge in [-0.25, -0.2) is 4.79 Å². The van der Waals surface area contributed by atoms with Crippen LogP contribution in [-0.2, 0) is 9.53 Å².